The molecule has 2 aromatic carbocycles. The summed E-state index contributed by atoms with van der Waals surface area (Å²) >= 11 is 0. The number of nitrogens with zero attached hydrogens (tertiary/aromatic N) is 2. The van der Waals surface area contributed by atoms with Gasteiger partial charge in [0.1, 0.15) is 0 Å². The standard InChI is InChI=1S/C28H32N2O7/c1-6-36-19-12-11-17(15-21(19)35-5)24-23(26(32)28(33)30(24)14-8-13-29(2)3)25(31)22-16-18-9-7-10-20(34-4)27(18)37-22/h7,9-12,15-16,24,32H,6,8,13-14H2,1-5H3. The molecule has 2 heterocycles. The summed E-state index contributed by atoms with van der Waals surface area (Å²) in [6, 6.07) is 11.3. The number of rotatable bonds is 11. The summed E-state index contributed by atoms with van der Waals surface area (Å²) in [6.45, 7) is 3.39. The molecular weight excluding hydrogens is 476 g/mol. The second-order valence-corrected chi connectivity index (χ2v) is 8.98. The van der Waals surface area contributed by atoms with Gasteiger partial charge in [-0.15, -0.1) is 0 Å². The Balaban J connectivity index is 1.79. The van der Waals surface area contributed by atoms with Gasteiger partial charge < -0.3 is 33.5 Å². The second kappa shape index (κ2) is 11.0. The average Bonchev–Trinajstić information content (AvgIpc) is 3.43. The number of hydrogen-bond acceptors (Lipinski definition) is 8. The molecule has 9 nitrogen and oxygen atoms in total. The quantitative estimate of drug-likeness (QED) is 0.381. The molecular formula is C28H32N2O7. The molecule has 3 aromatic rings. The van der Waals surface area contributed by atoms with Crippen molar-refractivity contribution < 1.29 is 33.3 Å². The third-order valence-electron chi connectivity index (χ3n) is 6.31. The van der Waals surface area contributed by atoms with Gasteiger partial charge in [-0.05, 0) is 63.8 Å². The summed E-state index contributed by atoms with van der Waals surface area (Å²) < 4.78 is 22.4. The number of ether oxygens (including phenoxy) is 3. The topological polar surface area (TPSA) is 102 Å². The largest absolute Gasteiger partial charge is 0.503 e. The first kappa shape index (κ1) is 26.1. The van der Waals surface area contributed by atoms with Gasteiger partial charge >= 0.3 is 0 Å². The molecule has 0 fully saturated rings. The minimum absolute atomic E-state index is 0.00638. The van der Waals surface area contributed by atoms with E-state index in [1.165, 1.54) is 19.1 Å². The van der Waals surface area contributed by atoms with Gasteiger partial charge in [0.15, 0.2) is 34.4 Å². The number of furan rings is 1. The number of methoxy groups -OCH3 is 2. The van der Waals surface area contributed by atoms with E-state index in [0.717, 1.165) is 6.54 Å². The van der Waals surface area contributed by atoms with Crippen LogP contribution in [0.1, 0.15) is 35.5 Å². The van der Waals surface area contributed by atoms with Crippen LogP contribution in [0, 0.1) is 0 Å². The number of fused-ring (bicyclic) bond motifs is 1. The maximum Gasteiger partial charge on any atom is 0.290 e. The summed E-state index contributed by atoms with van der Waals surface area (Å²) in [7, 11) is 6.93. The third kappa shape index (κ3) is 4.99. The number of carbonyl (C=O) groups excluding carboxylic acids is 2. The van der Waals surface area contributed by atoms with Crippen LogP contribution >= 0.6 is 0 Å². The van der Waals surface area contributed by atoms with Crippen molar-refractivity contribution in [2.24, 2.45) is 0 Å². The van der Waals surface area contributed by atoms with Crippen LogP contribution in [0.2, 0.25) is 0 Å². The van der Waals surface area contributed by atoms with E-state index in [-0.39, 0.29) is 11.3 Å². The van der Waals surface area contributed by atoms with Gasteiger partial charge in [-0.2, -0.15) is 0 Å². The minimum Gasteiger partial charge on any atom is -0.503 e. The monoisotopic (exact) mass is 508 g/mol. The molecule has 4 rings (SSSR count). The molecule has 0 saturated heterocycles. The predicted molar refractivity (Wildman–Crippen MR) is 139 cm³/mol. The van der Waals surface area contributed by atoms with Crippen LogP contribution in [0.4, 0.5) is 0 Å². The lowest BCUT2D eigenvalue weighted by Gasteiger charge is -2.27. The van der Waals surface area contributed by atoms with Crippen molar-refractivity contribution >= 4 is 22.7 Å². The van der Waals surface area contributed by atoms with Crippen molar-refractivity contribution in [3.8, 4) is 17.2 Å². The van der Waals surface area contributed by atoms with E-state index in [0.29, 0.717) is 53.4 Å². The van der Waals surface area contributed by atoms with Crippen LogP contribution in [0.25, 0.3) is 11.0 Å². The number of hydrogen-bond donors (Lipinski definition) is 1. The SMILES string of the molecule is CCOc1ccc(C2C(C(=O)c3cc4cccc(OC)c4o3)=C(O)C(=O)N2CCCN(C)C)cc1OC. The zero-order valence-corrected chi connectivity index (χ0v) is 21.7. The van der Waals surface area contributed by atoms with Crippen molar-refractivity contribution in [2.45, 2.75) is 19.4 Å². The lowest BCUT2D eigenvalue weighted by Crippen LogP contribution is -2.33. The molecule has 1 atom stereocenters. The van der Waals surface area contributed by atoms with E-state index >= 15 is 0 Å². The first-order chi connectivity index (χ1) is 17.8. The Morgan fingerprint density at radius 3 is 2.51 bits per heavy atom. The molecule has 9 heteroatoms. The van der Waals surface area contributed by atoms with Crippen LogP contribution in [-0.4, -0.2) is 74.6 Å². The zero-order valence-electron chi connectivity index (χ0n) is 21.7. The Kier molecular flexibility index (Phi) is 7.73. The molecule has 0 bridgehead atoms. The molecule has 0 radical (unpaired) electrons. The summed E-state index contributed by atoms with van der Waals surface area (Å²) in [6.07, 6.45) is 0.653. The van der Waals surface area contributed by atoms with E-state index < -0.39 is 23.5 Å². The number of ketones is 1. The maximum absolute atomic E-state index is 13.8. The van der Waals surface area contributed by atoms with Gasteiger partial charge in [-0.25, -0.2) is 0 Å². The van der Waals surface area contributed by atoms with Crippen LogP contribution in [-0.2, 0) is 4.79 Å². The second-order valence-electron chi connectivity index (χ2n) is 8.98. The smallest absolute Gasteiger partial charge is 0.290 e. The average molecular weight is 509 g/mol. The van der Waals surface area contributed by atoms with Gasteiger partial charge in [-0.3, -0.25) is 9.59 Å². The summed E-state index contributed by atoms with van der Waals surface area (Å²) in [5.74, 6) is -0.262. The van der Waals surface area contributed by atoms with E-state index in [1.807, 2.05) is 25.9 Å². The summed E-state index contributed by atoms with van der Waals surface area (Å²) in [5.41, 5.74) is 0.985. The third-order valence-corrected chi connectivity index (χ3v) is 6.31. The fourth-order valence-electron chi connectivity index (χ4n) is 4.59. The number of amides is 1. The van der Waals surface area contributed by atoms with Gasteiger partial charge in [0.2, 0.25) is 5.78 Å². The van der Waals surface area contributed by atoms with Crippen molar-refractivity contribution in [2.75, 3.05) is 48.0 Å². The first-order valence-corrected chi connectivity index (χ1v) is 12.1. The van der Waals surface area contributed by atoms with Crippen LogP contribution in [0.5, 0.6) is 17.2 Å². The fraction of sp³-hybridized carbons (Fsp3) is 0.357. The van der Waals surface area contributed by atoms with Crippen molar-refractivity contribution in [3.63, 3.8) is 0 Å². The highest BCUT2D eigenvalue weighted by molar-refractivity contribution is 6.16. The molecule has 0 aliphatic carbocycles. The van der Waals surface area contributed by atoms with Crippen LogP contribution < -0.4 is 14.2 Å². The molecule has 1 aliphatic heterocycles. The highest BCUT2D eigenvalue weighted by atomic mass is 16.5. The van der Waals surface area contributed by atoms with Crippen molar-refractivity contribution in [1.29, 1.82) is 0 Å². The molecule has 0 saturated carbocycles. The van der Waals surface area contributed by atoms with E-state index in [9.17, 15) is 14.7 Å². The lowest BCUT2D eigenvalue weighted by molar-refractivity contribution is -0.129. The number of carbonyl (C=O) groups is 2. The number of Topliss-reactive ketones (excluding diaryl/α,β-unsaturated/α-hetero) is 1. The normalized spacial score (nSPS) is 15.7. The van der Waals surface area contributed by atoms with Crippen molar-refractivity contribution in [1.82, 2.24) is 9.80 Å². The Bertz CT molecular complexity index is 1340. The fourth-order valence-corrected chi connectivity index (χ4v) is 4.59. The maximum atomic E-state index is 13.8. The molecule has 37 heavy (non-hydrogen) atoms. The minimum atomic E-state index is -0.832. The summed E-state index contributed by atoms with van der Waals surface area (Å²) in [4.78, 5) is 30.6. The van der Waals surface area contributed by atoms with Gasteiger partial charge in [-0.1, -0.05) is 18.2 Å². The molecule has 1 N–H and O–H groups in total. The number of aliphatic hydroxyl groups excluding tert-OH is 1. The Hall–Kier alpha value is -3.98. The molecule has 0 spiro atoms. The van der Waals surface area contributed by atoms with Gasteiger partial charge in [0.25, 0.3) is 5.91 Å². The number of aliphatic hydroxyl groups is 1. The molecule has 196 valence electrons. The highest BCUT2D eigenvalue weighted by Gasteiger charge is 2.44. The molecule has 1 unspecified atom stereocenters. The number of benzene rings is 2. The Morgan fingerprint density at radius 1 is 1.08 bits per heavy atom. The van der Waals surface area contributed by atoms with Crippen LogP contribution in [0.3, 0.4) is 0 Å². The molecule has 1 aromatic heterocycles. The van der Waals surface area contributed by atoms with E-state index in [2.05, 4.69) is 0 Å². The Morgan fingerprint density at radius 2 is 1.84 bits per heavy atom. The Labute approximate surface area is 215 Å². The molecule has 1 amide bonds. The first-order valence-electron chi connectivity index (χ1n) is 12.1. The van der Waals surface area contributed by atoms with Gasteiger partial charge in [0, 0.05) is 11.9 Å². The summed E-state index contributed by atoms with van der Waals surface area (Å²) in [5, 5.41) is 11.7. The van der Waals surface area contributed by atoms with Crippen molar-refractivity contribution in [3.05, 3.63) is 65.1 Å². The van der Waals surface area contributed by atoms with Crippen LogP contribution in [0.15, 0.2) is 58.2 Å². The zero-order chi connectivity index (χ0) is 26.7. The van der Waals surface area contributed by atoms with E-state index in [1.54, 1.807) is 42.5 Å². The van der Waals surface area contributed by atoms with Gasteiger partial charge in [0.05, 0.1) is 32.4 Å². The highest BCUT2D eigenvalue weighted by Crippen LogP contribution is 2.42. The predicted octanol–water partition coefficient (Wildman–Crippen LogP) is 4.38. The molecule has 1 aliphatic rings. The number of para-hydroxylation sites is 1. The van der Waals surface area contributed by atoms with E-state index in [4.69, 9.17) is 18.6 Å². The lowest BCUT2D eigenvalue weighted by atomic mass is 9.94.